The van der Waals surface area contributed by atoms with Gasteiger partial charge in [-0.3, -0.25) is 14.4 Å². The molecular weight excluding hydrogens is 492 g/mol. The number of benzene rings is 2. The first-order chi connectivity index (χ1) is 18.6. The number of para-hydroxylation sites is 1. The molecule has 1 saturated heterocycles. The monoisotopic (exact) mass is 534 g/mol. The molecule has 0 bridgehead atoms. The minimum atomic E-state index is -0.804. The number of aryl methyl sites for hydroxylation is 1. The van der Waals surface area contributed by atoms with E-state index in [1.807, 2.05) is 63.2 Å². The molecule has 1 aliphatic carbocycles. The van der Waals surface area contributed by atoms with Crippen LogP contribution in [0, 0.1) is 5.41 Å². The summed E-state index contributed by atoms with van der Waals surface area (Å²) in [5.41, 5.74) is 1.83. The molecule has 0 saturated carbocycles. The van der Waals surface area contributed by atoms with Crippen molar-refractivity contribution in [3.05, 3.63) is 65.7 Å². The molecule has 2 aromatic carbocycles. The molecule has 0 aromatic heterocycles. The zero-order valence-electron chi connectivity index (χ0n) is 23.7. The van der Waals surface area contributed by atoms with Crippen LogP contribution in [0.4, 0.5) is 0 Å². The number of carbonyl (C=O) groups is 3. The van der Waals surface area contributed by atoms with Crippen LogP contribution in [0.1, 0.15) is 64.1 Å². The van der Waals surface area contributed by atoms with Crippen LogP contribution >= 0.6 is 0 Å². The van der Waals surface area contributed by atoms with Crippen LogP contribution in [-0.4, -0.2) is 60.4 Å². The van der Waals surface area contributed by atoms with Gasteiger partial charge in [-0.1, -0.05) is 63.2 Å². The summed E-state index contributed by atoms with van der Waals surface area (Å²) >= 11 is 0. The van der Waals surface area contributed by atoms with Crippen molar-refractivity contribution in [2.75, 3.05) is 13.6 Å². The van der Waals surface area contributed by atoms with Gasteiger partial charge >= 0.3 is 0 Å². The minimum Gasteiger partial charge on any atom is -0.488 e. The van der Waals surface area contributed by atoms with Gasteiger partial charge in [-0.05, 0) is 61.9 Å². The molecule has 210 valence electrons. The first kappa shape index (κ1) is 28.6. The predicted octanol–water partition coefficient (Wildman–Crippen LogP) is 3.37. The maximum atomic E-state index is 14.1. The van der Waals surface area contributed by atoms with Crippen molar-refractivity contribution in [2.45, 2.75) is 83.6 Å². The average Bonchev–Trinajstić information content (AvgIpc) is 3.34. The molecule has 3 N–H and O–H groups in total. The molecule has 5 atom stereocenters. The minimum absolute atomic E-state index is 0.0944. The fourth-order valence-electron chi connectivity index (χ4n) is 5.45. The number of nitrogens with zero attached hydrogens (tertiary/aromatic N) is 1. The SMILES string of the molecule is CNC(C)C(=O)NC(C(=O)N1CC(Oc2ccccc2)CC1C(=O)NC1CCCc2ccccc21)C(C)(C)C. The number of ether oxygens (including phenoxy) is 1. The molecule has 1 heterocycles. The normalized spacial score (nSPS) is 22.4. The largest absolute Gasteiger partial charge is 0.488 e. The number of amides is 3. The van der Waals surface area contributed by atoms with Crippen molar-refractivity contribution in [2.24, 2.45) is 5.41 Å². The van der Waals surface area contributed by atoms with E-state index in [4.69, 9.17) is 4.74 Å². The summed E-state index contributed by atoms with van der Waals surface area (Å²) in [4.78, 5) is 42.3. The van der Waals surface area contributed by atoms with E-state index in [0.717, 1.165) is 24.8 Å². The van der Waals surface area contributed by atoms with Gasteiger partial charge in [0, 0.05) is 6.42 Å². The molecule has 1 fully saturated rings. The third kappa shape index (κ3) is 6.79. The molecule has 2 aliphatic rings. The highest BCUT2D eigenvalue weighted by molar-refractivity contribution is 5.94. The number of carbonyl (C=O) groups excluding carboxylic acids is 3. The summed E-state index contributed by atoms with van der Waals surface area (Å²) in [5.74, 6) is -0.0307. The van der Waals surface area contributed by atoms with Crippen LogP contribution in [0.5, 0.6) is 5.75 Å². The zero-order chi connectivity index (χ0) is 28.2. The lowest BCUT2D eigenvalue weighted by Gasteiger charge is -2.36. The topological polar surface area (TPSA) is 99.8 Å². The lowest BCUT2D eigenvalue weighted by molar-refractivity contribution is -0.144. The Hall–Kier alpha value is -3.39. The quantitative estimate of drug-likeness (QED) is 0.482. The van der Waals surface area contributed by atoms with E-state index >= 15 is 0 Å². The second-order valence-electron chi connectivity index (χ2n) is 11.8. The Kier molecular flexibility index (Phi) is 8.95. The van der Waals surface area contributed by atoms with Crippen LogP contribution in [0.25, 0.3) is 0 Å². The van der Waals surface area contributed by atoms with Crippen molar-refractivity contribution in [1.29, 1.82) is 0 Å². The third-order valence-electron chi connectivity index (χ3n) is 7.81. The number of hydrogen-bond acceptors (Lipinski definition) is 5. The molecule has 0 spiro atoms. The average molecular weight is 535 g/mol. The molecule has 0 radical (unpaired) electrons. The highest BCUT2D eigenvalue weighted by Crippen LogP contribution is 2.32. The number of rotatable bonds is 8. The van der Waals surface area contributed by atoms with E-state index < -0.39 is 23.5 Å². The summed E-state index contributed by atoms with van der Waals surface area (Å²) in [6.07, 6.45) is 2.88. The van der Waals surface area contributed by atoms with Crippen LogP contribution in [0.2, 0.25) is 0 Å². The van der Waals surface area contributed by atoms with Crippen LogP contribution < -0.4 is 20.7 Å². The smallest absolute Gasteiger partial charge is 0.246 e. The van der Waals surface area contributed by atoms with E-state index in [1.54, 1.807) is 18.9 Å². The van der Waals surface area contributed by atoms with Crippen LogP contribution in [0.3, 0.4) is 0 Å². The van der Waals surface area contributed by atoms with E-state index in [1.165, 1.54) is 5.56 Å². The highest BCUT2D eigenvalue weighted by atomic mass is 16.5. The predicted molar refractivity (Wildman–Crippen MR) is 151 cm³/mol. The van der Waals surface area contributed by atoms with Gasteiger partial charge < -0.3 is 25.6 Å². The Balaban J connectivity index is 1.58. The van der Waals surface area contributed by atoms with Gasteiger partial charge in [0.15, 0.2) is 0 Å². The van der Waals surface area contributed by atoms with Gasteiger partial charge in [0.05, 0.1) is 18.6 Å². The summed E-state index contributed by atoms with van der Waals surface area (Å²) in [5, 5.41) is 9.11. The van der Waals surface area contributed by atoms with E-state index in [2.05, 4.69) is 28.1 Å². The molecule has 8 nitrogen and oxygen atoms in total. The molecule has 39 heavy (non-hydrogen) atoms. The molecular formula is C31H42N4O4. The lowest BCUT2D eigenvalue weighted by Crippen LogP contribution is -2.59. The summed E-state index contributed by atoms with van der Waals surface area (Å²) in [6.45, 7) is 7.76. The van der Waals surface area contributed by atoms with E-state index in [0.29, 0.717) is 12.2 Å². The Morgan fingerprint density at radius 2 is 1.72 bits per heavy atom. The number of likely N-dealkylation sites (tertiary alicyclic amines) is 1. The van der Waals surface area contributed by atoms with Gasteiger partial charge in [-0.25, -0.2) is 0 Å². The van der Waals surface area contributed by atoms with Gasteiger partial charge in [0.25, 0.3) is 0 Å². The Morgan fingerprint density at radius 1 is 1.03 bits per heavy atom. The Morgan fingerprint density at radius 3 is 2.41 bits per heavy atom. The van der Waals surface area contributed by atoms with Gasteiger partial charge in [-0.2, -0.15) is 0 Å². The number of fused-ring (bicyclic) bond motifs is 1. The number of hydrogen-bond donors (Lipinski definition) is 3. The van der Waals surface area contributed by atoms with Crippen LogP contribution in [0.15, 0.2) is 54.6 Å². The molecule has 5 unspecified atom stereocenters. The second kappa shape index (κ2) is 12.2. The van der Waals surface area contributed by atoms with Crippen molar-refractivity contribution in [3.63, 3.8) is 0 Å². The second-order valence-corrected chi connectivity index (χ2v) is 11.8. The molecule has 1 aliphatic heterocycles. The van der Waals surface area contributed by atoms with Gasteiger partial charge in [0.2, 0.25) is 17.7 Å². The Bertz CT molecular complexity index is 1160. The number of nitrogens with one attached hydrogen (secondary N) is 3. The maximum absolute atomic E-state index is 14.1. The molecule has 8 heteroatoms. The maximum Gasteiger partial charge on any atom is 0.246 e. The fourth-order valence-corrected chi connectivity index (χ4v) is 5.45. The standard InChI is InChI=1S/C31H42N4O4/c1-20(32-5)28(36)34-27(31(2,3)4)30(38)35-19-23(39-22-14-7-6-8-15-22)18-26(35)29(37)33-25-17-11-13-21-12-9-10-16-24(21)25/h6-10,12,14-16,20,23,25-27,32H,11,13,17-19H2,1-5H3,(H,33,37)(H,34,36). The third-order valence-corrected chi connectivity index (χ3v) is 7.81. The fraction of sp³-hybridized carbons (Fsp3) is 0.516. The summed E-state index contributed by atoms with van der Waals surface area (Å²) in [6, 6.07) is 15.6. The van der Waals surface area contributed by atoms with Crippen molar-refractivity contribution >= 4 is 17.7 Å². The van der Waals surface area contributed by atoms with Crippen molar-refractivity contribution in [3.8, 4) is 5.75 Å². The molecule has 2 aromatic rings. The van der Waals surface area contributed by atoms with Crippen molar-refractivity contribution < 1.29 is 19.1 Å². The van der Waals surface area contributed by atoms with Gasteiger partial charge in [-0.15, -0.1) is 0 Å². The Labute approximate surface area is 231 Å². The first-order valence-corrected chi connectivity index (χ1v) is 14.0. The highest BCUT2D eigenvalue weighted by Gasteiger charge is 2.46. The number of likely N-dealkylation sites (N-methyl/N-ethyl adjacent to an activating group) is 1. The summed E-state index contributed by atoms with van der Waals surface area (Å²) < 4.78 is 6.21. The first-order valence-electron chi connectivity index (χ1n) is 14.0. The summed E-state index contributed by atoms with van der Waals surface area (Å²) in [7, 11) is 1.70. The van der Waals surface area contributed by atoms with Crippen molar-refractivity contribution in [1.82, 2.24) is 20.9 Å². The van der Waals surface area contributed by atoms with Gasteiger partial charge in [0.1, 0.15) is 23.9 Å². The molecule has 4 rings (SSSR count). The van der Waals surface area contributed by atoms with Crippen LogP contribution in [-0.2, 0) is 20.8 Å². The van der Waals surface area contributed by atoms with E-state index in [9.17, 15) is 14.4 Å². The zero-order valence-corrected chi connectivity index (χ0v) is 23.7. The lowest BCUT2D eigenvalue weighted by atomic mass is 9.85. The molecule has 3 amide bonds. The van der Waals surface area contributed by atoms with E-state index in [-0.39, 0.29) is 36.4 Å².